The number of hydrogen-bond acceptors (Lipinski definition) is 3. The van der Waals surface area contributed by atoms with E-state index in [1.54, 1.807) is 7.11 Å². The van der Waals surface area contributed by atoms with Crippen LogP contribution in [0.25, 0.3) is 0 Å². The maximum absolute atomic E-state index is 5.85. The minimum Gasteiger partial charge on any atom is -0.379 e. The van der Waals surface area contributed by atoms with Crippen molar-refractivity contribution < 1.29 is 9.47 Å². The van der Waals surface area contributed by atoms with Gasteiger partial charge in [0.25, 0.3) is 0 Å². The number of halogens is 1. The Hall–Kier alpha value is -0.610. The van der Waals surface area contributed by atoms with Gasteiger partial charge < -0.3 is 15.2 Å². The highest BCUT2D eigenvalue weighted by molar-refractivity contribution is 6.30. The molecule has 0 amide bonds. The summed E-state index contributed by atoms with van der Waals surface area (Å²) in [7, 11) is 1.71. The van der Waals surface area contributed by atoms with Gasteiger partial charge in [0.15, 0.2) is 0 Å². The molecule has 18 heavy (non-hydrogen) atoms. The first-order valence-corrected chi connectivity index (χ1v) is 6.48. The van der Waals surface area contributed by atoms with Gasteiger partial charge in [0, 0.05) is 18.7 Å². The molecule has 102 valence electrons. The van der Waals surface area contributed by atoms with Gasteiger partial charge in [0.1, 0.15) is 0 Å². The zero-order chi connectivity index (χ0) is 13.6. The molecule has 0 saturated heterocycles. The molecule has 0 aromatic heterocycles. The molecule has 1 atom stereocenters. The summed E-state index contributed by atoms with van der Waals surface area (Å²) in [5, 5.41) is 0.718. The van der Waals surface area contributed by atoms with Crippen LogP contribution in [-0.2, 0) is 9.47 Å². The van der Waals surface area contributed by atoms with Crippen LogP contribution in [-0.4, -0.2) is 25.9 Å². The van der Waals surface area contributed by atoms with Gasteiger partial charge in [-0.1, -0.05) is 23.7 Å². The van der Waals surface area contributed by atoms with Crippen molar-refractivity contribution in [2.24, 2.45) is 5.73 Å². The van der Waals surface area contributed by atoms with E-state index in [2.05, 4.69) is 0 Å². The van der Waals surface area contributed by atoms with Crippen molar-refractivity contribution in [3.63, 3.8) is 0 Å². The molecule has 0 heterocycles. The first-order chi connectivity index (χ1) is 8.48. The lowest BCUT2D eigenvalue weighted by atomic mass is 10.1. The summed E-state index contributed by atoms with van der Waals surface area (Å²) >= 11 is 5.85. The highest BCUT2D eigenvalue weighted by Gasteiger charge is 2.17. The lowest BCUT2D eigenvalue weighted by Crippen LogP contribution is -2.26. The lowest BCUT2D eigenvalue weighted by molar-refractivity contribution is -0.0257. The zero-order valence-electron chi connectivity index (χ0n) is 11.3. The maximum atomic E-state index is 5.85. The fraction of sp³-hybridized carbons (Fsp3) is 0.571. The molecule has 0 aliphatic carbocycles. The quantitative estimate of drug-likeness (QED) is 0.828. The molecule has 1 rings (SSSR count). The molecule has 3 nitrogen and oxygen atoms in total. The molecule has 0 aliphatic rings. The summed E-state index contributed by atoms with van der Waals surface area (Å²) in [5.41, 5.74) is 6.62. The van der Waals surface area contributed by atoms with Crippen molar-refractivity contribution in [1.82, 2.24) is 0 Å². The summed E-state index contributed by atoms with van der Waals surface area (Å²) in [6, 6.07) is 7.59. The van der Waals surface area contributed by atoms with Gasteiger partial charge in [-0.3, -0.25) is 0 Å². The fourth-order valence-corrected chi connectivity index (χ4v) is 1.65. The van der Waals surface area contributed by atoms with Crippen LogP contribution in [0.2, 0.25) is 5.02 Å². The molecule has 0 spiro atoms. The largest absolute Gasteiger partial charge is 0.379 e. The highest BCUT2D eigenvalue weighted by Crippen LogP contribution is 2.21. The number of rotatable bonds is 7. The van der Waals surface area contributed by atoms with Crippen molar-refractivity contribution in [3.05, 3.63) is 34.9 Å². The van der Waals surface area contributed by atoms with Crippen LogP contribution in [0.3, 0.4) is 0 Å². The summed E-state index contributed by atoms with van der Waals surface area (Å²) in [4.78, 5) is 0. The van der Waals surface area contributed by atoms with Gasteiger partial charge in [-0.15, -0.1) is 0 Å². The Morgan fingerprint density at radius 2 is 1.89 bits per heavy atom. The zero-order valence-corrected chi connectivity index (χ0v) is 12.0. The van der Waals surface area contributed by atoms with E-state index in [0.29, 0.717) is 13.2 Å². The Kier molecular flexibility index (Phi) is 6.09. The van der Waals surface area contributed by atoms with Crippen molar-refractivity contribution in [2.75, 3.05) is 20.3 Å². The van der Waals surface area contributed by atoms with Crippen LogP contribution in [0, 0.1) is 0 Å². The van der Waals surface area contributed by atoms with Crippen LogP contribution in [0.5, 0.6) is 0 Å². The normalized spacial score (nSPS) is 13.6. The van der Waals surface area contributed by atoms with Crippen molar-refractivity contribution >= 4 is 11.6 Å². The van der Waals surface area contributed by atoms with E-state index in [4.69, 9.17) is 26.8 Å². The van der Waals surface area contributed by atoms with E-state index in [1.165, 1.54) is 0 Å². The van der Waals surface area contributed by atoms with E-state index in [0.717, 1.165) is 17.0 Å². The highest BCUT2D eigenvalue weighted by atomic mass is 35.5. The number of methoxy groups -OCH3 is 1. The lowest BCUT2D eigenvalue weighted by Gasteiger charge is -2.24. The molecule has 2 N–H and O–H groups in total. The van der Waals surface area contributed by atoms with Crippen molar-refractivity contribution in [2.45, 2.75) is 32.0 Å². The van der Waals surface area contributed by atoms with Gasteiger partial charge >= 0.3 is 0 Å². The summed E-state index contributed by atoms with van der Waals surface area (Å²) < 4.78 is 11.2. The molecular formula is C14H22ClNO2. The molecule has 0 fully saturated rings. The maximum Gasteiger partial charge on any atom is 0.0947 e. The smallest absolute Gasteiger partial charge is 0.0947 e. The topological polar surface area (TPSA) is 44.5 Å². The third-order valence-electron chi connectivity index (χ3n) is 3.03. The average molecular weight is 272 g/mol. The Morgan fingerprint density at radius 1 is 1.28 bits per heavy atom. The second-order valence-corrected chi connectivity index (χ2v) is 5.30. The van der Waals surface area contributed by atoms with E-state index < -0.39 is 0 Å². The number of benzene rings is 1. The van der Waals surface area contributed by atoms with Gasteiger partial charge in [0.05, 0.1) is 18.3 Å². The molecule has 4 heteroatoms. The number of nitrogens with two attached hydrogens (primary N) is 1. The predicted octanol–water partition coefficient (Wildman–Crippen LogP) is 3.17. The molecule has 0 radical (unpaired) electrons. The molecule has 1 aromatic rings. The first-order valence-electron chi connectivity index (χ1n) is 6.11. The molecule has 0 aliphatic heterocycles. The Bertz CT molecular complexity index is 351. The van der Waals surface area contributed by atoms with E-state index in [-0.39, 0.29) is 11.7 Å². The summed E-state index contributed by atoms with van der Waals surface area (Å²) in [6.07, 6.45) is 0.739. The van der Waals surface area contributed by atoms with Crippen molar-refractivity contribution in [1.29, 1.82) is 0 Å². The molecule has 0 saturated carbocycles. The van der Waals surface area contributed by atoms with E-state index >= 15 is 0 Å². The third kappa shape index (κ3) is 4.94. The summed E-state index contributed by atoms with van der Waals surface area (Å²) in [6.45, 7) is 5.15. The van der Waals surface area contributed by atoms with Crippen LogP contribution in [0.1, 0.15) is 31.9 Å². The van der Waals surface area contributed by atoms with Gasteiger partial charge in [-0.25, -0.2) is 0 Å². The average Bonchev–Trinajstić information content (AvgIpc) is 2.36. The summed E-state index contributed by atoms with van der Waals surface area (Å²) in [5.74, 6) is 0. The fourth-order valence-electron chi connectivity index (χ4n) is 1.53. The van der Waals surface area contributed by atoms with Crippen molar-refractivity contribution in [3.8, 4) is 0 Å². The first kappa shape index (κ1) is 15.4. The third-order valence-corrected chi connectivity index (χ3v) is 3.28. The number of ether oxygens (including phenoxy) is 2. The van der Waals surface area contributed by atoms with Crippen LogP contribution in [0.15, 0.2) is 24.3 Å². The van der Waals surface area contributed by atoms with Gasteiger partial charge in [0.2, 0.25) is 0 Å². The van der Waals surface area contributed by atoms with Gasteiger partial charge in [-0.05, 0) is 38.0 Å². The predicted molar refractivity (Wildman–Crippen MR) is 74.9 cm³/mol. The number of hydrogen-bond donors (Lipinski definition) is 1. The molecule has 0 bridgehead atoms. The van der Waals surface area contributed by atoms with E-state index in [9.17, 15) is 0 Å². The van der Waals surface area contributed by atoms with Crippen LogP contribution >= 0.6 is 11.6 Å². The van der Waals surface area contributed by atoms with Crippen LogP contribution < -0.4 is 5.73 Å². The van der Waals surface area contributed by atoms with Gasteiger partial charge in [-0.2, -0.15) is 0 Å². The Labute approximate surface area is 114 Å². The SMILES string of the molecule is COC(C)(C)CCOC(CN)c1ccc(Cl)cc1. The van der Waals surface area contributed by atoms with E-state index in [1.807, 2.05) is 38.1 Å². The Morgan fingerprint density at radius 3 is 2.39 bits per heavy atom. The van der Waals surface area contributed by atoms with Crippen LogP contribution in [0.4, 0.5) is 0 Å². The minimum atomic E-state index is -0.168. The monoisotopic (exact) mass is 271 g/mol. The second kappa shape index (κ2) is 7.10. The second-order valence-electron chi connectivity index (χ2n) is 4.86. The molecular weight excluding hydrogens is 250 g/mol. The Balaban J connectivity index is 2.50. The standard InChI is InChI=1S/C14H22ClNO2/c1-14(2,17-3)8-9-18-13(10-16)11-4-6-12(15)7-5-11/h4-7,13H,8-10,16H2,1-3H3. The minimum absolute atomic E-state index is 0.0880. The molecule has 1 aromatic carbocycles. The molecule has 1 unspecified atom stereocenters.